The second-order valence-electron chi connectivity index (χ2n) is 2.99. The Hall–Kier alpha value is -1.81. The number of aliphatic hydroxyl groups is 1. The molecule has 0 saturated carbocycles. The monoisotopic (exact) mass is 238 g/mol. The number of rotatable bonds is 3. The normalized spacial score (nSPS) is 11.6. The van der Waals surface area contributed by atoms with E-state index in [1.807, 2.05) is 6.07 Å². The lowest BCUT2D eigenvalue weighted by molar-refractivity contribution is -0.114. The SMILES string of the molecule is C=NN(C(=O)/C(Cl)=C(\C)O)c1ccccc1. The quantitative estimate of drug-likeness (QED) is 0.381. The number of hydrazone groups is 1. The van der Waals surface area contributed by atoms with Gasteiger partial charge in [0.2, 0.25) is 0 Å². The molecule has 0 unspecified atom stereocenters. The summed E-state index contributed by atoms with van der Waals surface area (Å²) in [6.45, 7) is 4.62. The van der Waals surface area contributed by atoms with Crippen molar-refractivity contribution in [3.05, 3.63) is 41.1 Å². The second-order valence-corrected chi connectivity index (χ2v) is 3.37. The Morgan fingerprint density at radius 3 is 2.44 bits per heavy atom. The van der Waals surface area contributed by atoms with E-state index in [1.54, 1.807) is 24.3 Å². The van der Waals surface area contributed by atoms with Gasteiger partial charge in [0.15, 0.2) is 0 Å². The Labute approximate surface area is 98.5 Å². The Bertz CT molecular complexity index is 425. The van der Waals surface area contributed by atoms with E-state index in [9.17, 15) is 4.79 Å². The van der Waals surface area contributed by atoms with Crippen LogP contribution in [-0.4, -0.2) is 17.7 Å². The van der Waals surface area contributed by atoms with Crippen molar-refractivity contribution in [2.45, 2.75) is 6.92 Å². The van der Waals surface area contributed by atoms with E-state index in [2.05, 4.69) is 11.8 Å². The van der Waals surface area contributed by atoms with Gasteiger partial charge in [0.1, 0.15) is 10.8 Å². The second kappa shape index (κ2) is 5.32. The number of hydrogen-bond donors (Lipinski definition) is 1. The van der Waals surface area contributed by atoms with Gasteiger partial charge in [-0.2, -0.15) is 10.1 Å². The van der Waals surface area contributed by atoms with E-state index in [1.165, 1.54) is 6.92 Å². The molecule has 0 heterocycles. The van der Waals surface area contributed by atoms with Gasteiger partial charge in [0, 0.05) is 6.72 Å². The lowest BCUT2D eigenvalue weighted by Gasteiger charge is -2.15. The van der Waals surface area contributed by atoms with Crippen molar-refractivity contribution in [1.29, 1.82) is 0 Å². The topological polar surface area (TPSA) is 52.9 Å². The number of hydrogen-bond acceptors (Lipinski definition) is 3. The molecule has 0 spiro atoms. The molecular formula is C11H11ClN2O2. The number of benzene rings is 1. The first kappa shape index (κ1) is 12.3. The number of allylic oxidation sites excluding steroid dienone is 1. The molecule has 0 radical (unpaired) electrons. The maximum Gasteiger partial charge on any atom is 0.293 e. The summed E-state index contributed by atoms with van der Waals surface area (Å²) in [5, 5.41) is 13.4. The molecule has 0 bridgehead atoms. The lowest BCUT2D eigenvalue weighted by atomic mass is 10.3. The zero-order valence-corrected chi connectivity index (χ0v) is 9.48. The van der Waals surface area contributed by atoms with Crippen molar-refractivity contribution in [1.82, 2.24) is 0 Å². The molecule has 1 amide bonds. The molecule has 4 nitrogen and oxygen atoms in total. The Kier molecular flexibility index (Phi) is 4.08. The van der Waals surface area contributed by atoms with Gasteiger partial charge in [-0.1, -0.05) is 29.8 Å². The van der Waals surface area contributed by atoms with E-state index < -0.39 is 5.91 Å². The molecule has 84 valence electrons. The number of anilines is 1. The smallest absolute Gasteiger partial charge is 0.293 e. The first-order chi connectivity index (χ1) is 7.57. The molecule has 1 aromatic carbocycles. The molecule has 1 N–H and O–H groups in total. The van der Waals surface area contributed by atoms with Gasteiger partial charge >= 0.3 is 0 Å². The fraction of sp³-hybridized carbons (Fsp3) is 0.0909. The van der Waals surface area contributed by atoms with Crippen LogP contribution in [0.2, 0.25) is 0 Å². The van der Waals surface area contributed by atoms with Gasteiger partial charge in [-0.25, -0.2) is 0 Å². The highest BCUT2D eigenvalue weighted by molar-refractivity contribution is 6.44. The number of aliphatic hydroxyl groups excluding tert-OH is 1. The van der Waals surface area contributed by atoms with Crippen LogP contribution in [0.1, 0.15) is 6.92 Å². The van der Waals surface area contributed by atoms with Crippen LogP contribution in [0.5, 0.6) is 0 Å². The van der Waals surface area contributed by atoms with E-state index in [4.69, 9.17) is 16.7 Å². The van der Waals surface area contributed by atoms with E-state index >= 15 is 0 Å². The number of halogens is 1. The van der Waals surface area contributed by atoms with Gasteiger partial charge in [-0.05, 0) is 19.1 Å². The number of nitrogens with zero attached hydrogens (tertiary/aromatic N) is 2. The van der Waals surface area contributed by atoms with Crippen LogP contribution >= 0.6 is 11.6 Å². The summed E-state index contributed by atoms with van der Waals surface area (Å²) in [6.07, 6.45) is 0. The van der Waals surface area contributed by atoms with Crippen LogP contribution in [-0.2, 0) is 4.79 Å². The summed E-state index contributed by atoms with van der Waals surface area (Å²) in [4.78, 5) is 11.8. The molecule has 0 aliphatic rings. The summed E-state index contributed by atoms with van der Waals surface area (Å²) in [6, 6.07) is 8.69. The van der Waals surface area contributed by atoms with Gasteiger partial charge in [0.05, 0.1) is 5.69 Å². The molecule has 1 aromatic rings. The van der Waals surface area contributed by atoms with Crippen LogP contribution in [0, 0.1) is 0 Å². The van der Waals surface area contributed by atoms with Crippen molar-refractivity contribution < 1.29 is 9.90 Å². The molecule has 0 aliphatic heterocycles. The fourth-order valence-electron chi connectivity index (χ4n) is 1.08. The summed E-state index contributed by atoms with van der Waals surface area (Å²) in [5.41, 5.74) is 0.530. The van der Waals surface area contributed by atoms with Crippen molar-refractivity contribution in [2.75, 3.05) is 5.01 Å². The maximum atomic E-state index is 11.8. The highest BCUT2D eigenvalue weighted by Crippen LogP contribution is 2.19. The predicted molar refractivity (Wildman–Crippen MR) is 64.7 cm³/mol. The van der Waals surface area contributed by atoms with Gasteiger partial charge in [0.25, 0.3) is 5.91 Å². The van der Waals surface area contributed by atoms with Crippen molar-refractivity contribution in [2.24, 2.45) is 5.10 Å². The minimum Gasteiger partial charge on any atom is -0.511 e. The maximum absolute atomic E-state index is 11.8. The third-order valence-electron chi connectivity index (χ3n) is 1.84. The molecule has 1 rings (SSSR count). The van der Waals surface area contributed by atoms with Crippen molar-refractivity contribution in [3.63, 3.8) is 0 Å². The summed E-state index contributed by atoms with van der Waals surface area (Å²) < 4.78 is 0. The first-order valence-electron chi connectivity index (χ1n) is 4.49. The van der Waals surface area contributed by atoms with E-state index in [0.717, 1.165) is 5.01 Å². The molecular weight excluding hydrogens is 228 g/mol. The minimum absolute atomic E-state index is 0.253. The number of carbonyl (C=O) groups is 1. The van der Waals surface area contributed by atoms with Crippen LogP contribution in [0.3, 0.4) is 0 Å². The Morgan fingerprint density at radius 1 is 1.44 bits per heavy atom. The Morgan fingerprint density at radius 2 is 2.00 bits per heavy atom. The van der Waals surface area contributed by atoms with Crippen molar-refractivity contribution >= 4 is 29.9 Å². The molecule has 5 heteroatoms. The number of amides is 1. The number of carbonyl (C=O) groups excluding carboxylic acids is 1. The number of para-hydroxylation sites is 1. The fourth-order valence-corrected chi connectivity index (χ4v) is 1.16. The van der Waals surface area contributed by atoms with Gasteiger partial charge in [-0.3, -0.25) is 4.79 Å². The van der Waals surface area contributed by atoms with E-state index in [-0.39, 0.29) is 10.8 Å². The lowest BCUT2D eigenvalue weighted by Crippen LogP contribution is -2.25. The molecule has 0 aliphatic carbocycles. The average Bonchev–Trinajstić information content (AvgIpc) is 2.30. The molecule has 0 saturated heterocycles. The molecule has 16 heavy (non-hydrogen) atoms. The highest BCUT2D eigenvalue weighted by Gasteiger charge is 2.19. The van der Waals surface area contributed by atoms with Crippen molar-refractivity contribution in [3.8, 4) is 0 Å². The van der Waals surface area contributed by atoms with Crippen LogP contribution in [0.4, 0.5) is 5.69 Å². The van der Waals surface area contributed by atoms with Crippen LogP contribution in [0.25, 0.3) is 0 Å². The standard InChI is InChI=1S/C11H11ClN2O2/c1-8(15)10(12)11(16)14(13-2)9-6-4-3-5-7-9/h3-7,15H,2H2,1H3/b10-8-. The first-order valence-corrected chi connectivity index (χ1v) is 4.87. The zero-order valence-electron chi connectivity index (χ0n) is 8.72. The Balaban J connectivity index is 3.06. The third kappa shape index (κ3) is 2.61. The zero-order chi connectivity index (χ0) is 12.1. The average molecular weight is 239 g/mol. The molecule has 0 fully saturated rings. The molecule has 0 atom stereocenters. The van der Waals surface area contributed by atoms with E-state index in [0.29, 0.717) is 5.69 Å². The predicted octanol–water partition coefficient (Wildman–Crippen LogP) is 2.66. The van der Waals surface area contributed by atoms with Crippen LogP contribution < -0.4 is 5.01 Å². The van der Waals surface area contributed by atoms with Gasteiger partial charge < -0.3 is 5.11 Å². The summed E-state index contributed by atoms with van der Waals surface area (Å²) >= 11 is 5.64. The van der Waals surface area contributed by atoms with Crippen LogP contribution in [0.15, 0.2) is 46.2 Å². The molecule has 0 aromatic heterocycles. The largest absolute Gasteiger partial charge is 0.511 e. The summed E-state index contributed by atoms with van der Waals surface area (Å²) in [5.74, 6) is -0.876. The van der Waals surface area contributed by atoms with Gasteiger partial charge in [-0.15, -0.1) is 0 Å². The minimum atomic E-state index is -0.622. The summed E-state index contributed by atoms with van der Waals surface area (Å²) in [7, 11) is 0. The highest BCUT2D eigenvalue weighted by atomic mass is 35.5. The third-order valence-corrected chi connectivity index (χ3v) is 2.28.